The molecule has 0 spiro atoms. The minimum absolute atomic E-state index is 0.555. The normalized spacial score (nSPS) is 12.6. The number of nitrogen functional groups attached to an aromatic ring is 1. The molecule has 1 aromatic carbocycles. The molecule has 2 N–H and O–H groups in total. The monoisotopic (exact) mass is 230 g/mol. The van der Waals surface area contributed by atoms with Crippen molar-refractivity contribution in [1.82, 2.24) is 4.98 Å². The Hall–Kier alpha value is -1.77. The Morgan fingerprint density at radius 1 is 1.35 bits per heavy atom. The Labute approximate surface area is 102 Å². The zero-order valence-corrected chi connectivity index (χ0v) is 10.3. The molecule has 2 aromatic rings. The summed E-state index contributed by atoms with van der Waals surface area (Å²) in [5, 5.41) is 0.982. The lowest BCUT2D eigenvalue weighted by molar-refractivity contribution is 0.259. The lowest BCUT2D eigenvalue weighted by Crippen LogP contribution is -2.07. The van der Waals surface area contributed by atoms with E-state index in [-0.39, 0.29) is 0 Å². The van der Waals surface area contributed by atoms with Crippen LogP contribution in [0.15, 0.2) is 30.5 Å². The second kappa shape index (κ2) is 5.04. The van der Waals surface area contributed by atoms with Gasteiger partial charge in [-0.25, -0.2) is 0 Å². The van der Waals surface area contributed by atoms with Crippen LogP contribution in [-0.2, 0) is 0 Å². The molecule has 0 saturated carbocycles. The van der Waals surface area contributed by atoms with Gasteiger partial charge in [-0.3, -0.25) is 4.98 Å². The number of rotatable bonds is 4. The van der Waals surface area contributed by atoms with Gasteiger partial charge in [0.05, 0.1) is 17.8 Å². The molecule has 1 unspecified atom stereocenters. The van der Waals surface area contributed by atoms with Crippen LogP contribution in [0.4, 0.5) is 5.69 Å². The fraction of sp³-hybridized carbons (Fsp3) is 0.357. The summed E-state index contributed by atoms with van der Waals surface area (Å²) in [6.07, 6.45) is 2.86. The van der Waals surface area contributed by atoms with E-state index < -0.39 is 0 Å². The van der Waals surface area contributed by atoms with Crippen LogP contribution >= 0.6 is 0 Å². The highest BCUT2D eigenvalue weighted by molar-refractivity contribution is 5.93. The molecule has 0 radical (unpaired) electrons. The molecule has 1 atom stereocenters. The van der Waals surface area contributed by atoms with Gasteiger partial charge in [0, 0.05) is 11.6 Å². The third-order valence-electron chi connectivity index (χ3n) is 2.98. The molecule has 1 aromatic heterocycles. The van der Waals surface area contributed by atoms with E-state index in [0.29, 0.717) is 11.6 Å². The van der Waals surface area contributed by atoms with E-state index in [2.05, 4.69) is 18.8 Å². The van der Waals surface area contributed by atoms with Crippen molar-refractivity contribution in [2.45, 2.75) is 20.3 Å². The van der Waals surface area contributed by atoms with Gasteiger partial charge in [0.25, 0.3) is 0 Å². The average molecular weight is 230 g/mol. The SMILES string of the molecule is CCC(C)COc1ccc(N)c2ncccc12. The highest BCUT2D eigenvalue weighted by Crippen LogP contribution is 2.28. The highest BCUT2D eigenvalue weighted by Gasteiger charge is 2.07. The molecule has 0 aliphatic carbocycles. The third kappa shape index (κ3) is 2.49. The van der Waals surface area contributed by atoms with Crippen LogP contribution in [0.5, 0.6) is 5.75 Å². The molecule has 90 valence electrons. The first kappa shape index (κ1) is 11.7. The van der Waals surface area contributed by atoms with Crippen molar-refractivity contribution in [3.05, 3.63) is 30.5 Å². The van der Waals surface area contributed by atoms with Gasteiger partial charge < -0.3 is 10.5 Å². The number of pyridine rings is 1. The van der Waals surface area contributed by atoms with Gasteiger partial charge in [-0.2, -0.15) is 0 Å². The topological polar surface area (TPSA) is 48.1 Å². The van der Waals surface area contributed by atoms with Gasteiger partial charge in [-0.1, -0.05) is 20.3 Å². The van der Waals surface area contributed by atoms with Crippen LogP contribution in [0.3, 0.4) is 0 Å². The smallest absolute Gasteiger partial charge is 0.128 e. The molecule has 0 bridgehead atoms. The fourth-order valence-electron chi connectivity index (χ4n) is 1.64. The zero-order chi connectivity index (χ0) is 12.3. The Morgan fingerprint density at radius 2 is 2.18 bits per heavy atom. The van der Waals surface area contributed by atoms with Gasteiger partial charge in [0.15, 0.2) is 0 Å². The minimum Gasteiger partial charge on any atom is -0.493 e. The van der Waals surface area contributed by atoms with Crippen molar-refractivity contribution >= 4 is 16.6 Å². The predicted octanol–water partition coefficient (Wildman–Crippen LogP) is 3.24. The van der Waals surface area contributed by atoms with Gasteiger partial charge in [-0.05, 0) is 30.2 Å². The Bertz CT molecular complexity index is 511. The number of benzene rings is 1. The Morgan fingerprint density at radius 3 is 2.94 bits per heavy atom. The summed E-state index contributed by atoms with van der Waals surface area (Å²) in [6, 6.07) is 7.66. The third-order valence-corrected chi connectivity index (χ3v) is 2.98. The summed E-state index contributed by atoms with van der Waals surface area (Å²) in [4.78, 5) is 4.28. The summed E-state index contributed by atoms with van der Waals surface area (Å²) in [6.45, 7) is 5.07. The lowest BCUT2D eigenvalue weighted by atomic mass is 10.1. The summed E-state index contributed by atoms with van der Waals surface area (Å²) in [5.41, 5.74) is 7.39. The van der Waals surface area contributed by atoms with Crippen LogP contribution in [0.2, 0.25) is 0 Å². The molecule has 0 amide bonds. The number of hydrogen-bond donors (Lipinski definition) is 1. The number of fused-ring (bicyclic) bond motifs is 1. The van der Waals surface area contributed by atoms with Gasteiger partial charge in [-0.15, -0.1) is 0 Å². The van der Waals surface area contributed by atoms with Crippen molar-refractivity contribution in [2.75, 3.05) is 12.3 Å². The molecule has 0 aliphatic heterocycles. The van der Waals surface area contributed by atoms with E-state index in [1.165, 1.54) is 0 Å². The van der Waals surface area contributed by atoms with Crippen LogP contribution in [0.25, 0.3) is 10.9 Å². The number of nitrogens with zero attached hydrogens (tertiary/aromatic N) is 1. The van der Waals surface area contributed by atoms with Crippen molar-refractivity contribution in [3.8, 4) is 5.75 Å². The molecule has 1 heterocycles. The number of anilines is 1. The summed E-state index contributed by atoms with van der Waals surface area (Å²) in [7, 11) is 0. The van der Waals surface area contributed by atoms with Gasteiger partial charge in [0.2, 0.25) is 0 Å². The maximum absolute atomic E-state index is 5.89. The van der Waals surface area contributed by atoms with Crippen molar-refractivity contribution < 1.29 is 4.74 Å². The molecule has 0 fully saturated rings. The largest absolute Gasteiger partial charge is 0.493 e. The van der Waals surface area contributed by atoms with Gasteiger partial charge >= 0.3 is 0 Å². The van der Waals surface area contributed by atoms with E-state index in [9.17, 15) is 0 Å². The Kier molecular flexibility index (Phi) is 3.47. The molecule has 17 heavy (non-hydrogen) atoms. The second-order valence-electron chi connectivity index (χ2n) is 4.38. The maximum atomic E-state index is 5.89. The first-order valence-electron chi connectivity index (χ1n) is 5.98. The summed E-state index contributed by atoms with van der Waals surface area (Å²) >= 11 is 0. The zero-order valence-electron chi connectivity index (χ0n) is 10.3. The average Bonchev–Trinajstić information content (AvgIpc) is 2.38. The fourth-order valence-corrected chi connectivity index (χ4v) is 1.64. The standard InChI is InChI=1S/C14H18N2O/c1-3-10(2)9-17-13-7-6-12(15)14-11(13)5-4-8-16-14/h4-8,10H,3,9,15H2,1-2H3. The molecule has 2 rings (SSSR count). The Balaban J connectivity index is 2.32. The second-order valence-corrected chi connectivity index (χ2v) is 4.38. The van der Waals surface area contributed by atoms with Crippen molar-refractivity contribution in [2.24, 2.45) is 5.92 Å². The van der Waals surface area contributed by atoms with Crippen LogP contribution in [0.1, 0.15) is 20.3 Å². The molecule has 3 heteroatoms. The van der Waals surface area contributed by atoms with Crippen molar-refractivity contribution in [1.29, 1.82) is 0 Å². The van der Waals surface area contributed by atoms with E-state index in [0.717, 1.165) is 29.7 Å². The maximum Gasteiger partial charge on any atom is 0.128 e. The first-order chi connectivity index (χ1) is 8.22. The molecular weight excluding hydrogens is 212 g/mol. The highest BCUT2D eigenvalue weighted by atomic mass is 16.5. The number of ether oxygens (including phenoxy) is 1. The van der Waals surface area contributed by atoms with E-state index in [4.69, 9.17) is 10.5 Å². The van der Waals surface area contributed by atoms with E-state index in [1.807, 2.05) is 24.3 Å². The molecular formula is C14H18N2O. The van der Waals surface area contributed by atoms with E-state index >= 15 is 0 Å². The number of hydrogen-bond acceptors (Lipinski definition) is 3. The van der Waals surface area contributed by atoms with Crippen LogP contribution < -0.4 is 10.5 Å². The van der Waals surface area contributed by atoms with E-state index in [1.54, 1.807) is 6.20 Å². The number of nitrogens with two attached hydrogens (primary N) is 1. The first-order valence-corrected chi connectivity index (χ1v) is 5.98. The molecule has 0 saturated heterocycles. The van der Waals surface area contributed by atoms with Gasteiger partial charge in [0.1, 0.15) is 5.75 Å². The summed E-state index contributed by atoms with van der Waals surface area (Å²) < 4.78 is 5.83. The summed E-state index contributed by atoms with van der Waals surface area (Å²) in [5.74, 6) is 1.42. The van der Waals surface area contributed by atoms with Crippen LogP contribution in [-0.4, -0.2) is 11.6 Å². The number of aromatic nitrogens is 1. The predicted molar refractivity (Wildman–Crippen MR) is 71.1 cm³/mol. The van der Waals surface area contributed by atoms with Crippen LogP contribution in [0, 0.1) is 5.92 Å². The molecule has 0 aliphatic rings. The minimum atomic E-state index is 0.555. The molecule has 3 nitrogen and oxygen atoms in total. The quantitative estimate of drug-likeness (QED) is 0.820. The lowest BCUT2D eigenvalue weighted by Gasteiger charge is -2.13. The van der Waals surface area contributed by atoms with Crippen molar-refractivity contribution in [3.63, 3.8) is 0 Å².